The molecule has 10 nitrogen and oxygen atoms in total. The fourth-order valence-electron chi connectivity index (χ4n) is 5.44. The molecule has 1 aromatic carbocycles. The molecule has 2 saturated heterocycles. The number of sulfone groups is 1. The zero-order valence-corrected chi connectivity index (χ0v) is 22.2. The van der Waals surface area contributed by atoms with E-state index >= 15 is 0 Å². The van der Waals surface area contributed by atoms with Gasteiger partial charge in [0, 0.05) is 45.0 Å². The lowest BCUT2D eigenvalue weighted by atomic mass is 9.85. The van der Waals surface area contributed by atoms with Crippen molar-refractivity contribution in [3.8, 4) is 5.69 Å². The van der Waals surface area contributed by atoms with E-state index in [1.807, 2.05) is 0 Å². The number of alkyl halides is 3. The fourth-order valence-corrected chi connectivity index (χ4v) is 6.69. The van der Waals surface area contributed by atoms with Gasteiger partial charge in [-0.05, 0) is 37.0 Å². The van der Waals surface area contributed by atoms with Gasteiger partial charge in [0.2, 0.25) is 5.95 Å². The molecular weight excluding hydrogens is 535 g/mol. The van der Waals surface area contributed by atoms with Gasteiger partial charge in [0.05, 0.1) is 41.3 Å². The van der Waals surface area contributed by atoms with E-state index in [4.69, 9.17) is 9.72 Å². The number of anilines is 2. The monoisotopic (exact) mass is 565 g/mol. The van der Waals surface area contributed by atoms with Crippen LogP contribution in [0.4, 0.5) is 24.9 Å². The average Bonchev–Trinajstić information content (AvgIpc) is 3.26. The minimum Gasteiger partial charge on any atom is -0.379 e. The van der Waals surface area contributed by atoms with Crippen molar-refractivity contribution in [2.24, 2.45) is 5.92 Å². The third kappa shape index (κ3) is 5.29. The lowest BCUT2D eigenvalue weighted by molar-refractivity contribution is -0.137. The van der Waals surface area contributed by atoms with Crippen LogP contribution in [0.2, 0.25) is 0 Å². The molecule has 1 N–H and O–H groups in total. The molecule has 0 amide bonds. The van der Waals surface area contributed by atoms with Gasteiger partial charge >= 0.3 is 6.18 Å². The summed E-state index contributed by atoms with van der Waals surface area (Å²) >= 11 is 0. The number of hydrogen-bond donors (Lipinski definition) is 1. The molecule has 2 aromatic heterocycles. The van der Waals surface area contributed by atoms with Crippen LogP contribution in [-0.4, -0.2) is 96.6 Å². The van der Waals surface area contributed by atoms with Gasteiger partial charge in [-0.2, -0.15) is 28.2 Å². The smallest absolute Gasteiger partial charge is 0.379 e. The van der Waals surface area contributed by atoms with Gasteiger partial charge in [-0.3, -0.25) is 4.90 Å². The number of nitrogens with zero attached hydrogens (tertiary/aromatic N) is 6. The van der Waals surface area contributed by atoms with Crippen LogP contribution in [0.5, 0.6) is 0 Å². The first-order chi connectivity index (χ1) is 18.6. The van der Waals surface area contributed by atoms with E-state index in [2.05, 4.69) is 25.2 Å². The van der Waals surface area contributed by atoms with E-state index in [1.54, 1.807) is 12.3 Å². The first-order valence-electron chi connectivity index (χ1n) is 13.0. The molecular formula is C25H30F3N7O3S. The summed E-state index contributed by atoms with van der Waals surface area (Å²) in [5, 5.41) is 7.98. The molecule has 0 bridgehead atoms. The second kappa shape index (κ2) is 9.89. The van der Waals surface area contributed by atoms with Crippen LogP contribution in [-0.2, 0) is 20.8 Å². The molecule has 2 aliphatic heterocycles. The van der Waals surface area contributed by atoms with Gasteiger partial charge in [-0.1, -0.05) is 6.07 Å². The van der Waals surface area contributed by atoms with Crippen molar-refractivity contribution in [2.45, 2.75) is 30.3 Å². The Kier molecular flexibility index (Phi) is 6.66. The summed E-state index contributed by atoms with van der Waals surface area (Å²) in [6, 6.07) is 5.37. The molecule has 3 aliphatic rings. The Balaban J connectivity index is 1.29. The Hall–Kier alpha value is -2.97. The normalized spacial score (nSPS) is 23.0. The predicted molar refractivity (Wildman–Crippen MR) is 140 cm³/mol. The number of rotatable bonds is 7. The molecule has 1 saturated carbocycles. The Labute approximate surface area is 224 Å². The Morgan fingerprint density at radius 3 is 2.56 bits per heavy atom. The highest BCUT2D eigenvalue weighted by atomic mass is 32.2. The van der Waals surface area contributed by atoms with E-state index in [1.165, 1.54) is 17.0 Å². The molecule has 0 unspecified atom stereocenters. The number of ether oxygens (including phenoxy) is 1. The van der Waals surface area contributed by atoms with Crippen molar-refractivity contribution >= 4 is 32.6 Å². The quantitative estimate of drug-likeness (QED) is 0.463. The summed E-state index contributed by atoms with van der Waals surface area (Å²) in [5.74, 6) is 1.19. The zero-order chi connectivity index (χ0) is 27.4. The summed E-state index contributed by atoms with van der Waals surface area (Å²) in [7, 11) is -3.05. The summed E-state index contributed by atoms with van der Waals surface area (Å²) in [6.07, 6.45) is -0.465. The van der Waals surface area contributed by atoms with Crippen molar-refractivity contribution in [3.05, 3.63) is 36.0 Å². The van der Waals surface area contributed by atoms with Crippen LogP contribution >= 0.6 is 0 Å². The Bertz CT molecular complexity index is 1460. The molecule has 1 aliphatic carbocycles. The minimum atomic E-state index is -4.48. The molecule has 0 atom stereocenters. The fraction of sp³-hybridized carbons (Fsp3) is 0.560. The lowest BCUT2D eigenvalue weighted by Gasteiger charge is -2.47. The third-order valence-electron chi connectivity index (χ3n) is 7.90. The molecule has 3 fully saturated rings. The zero-order valence-electron chi connectivity index (χ0n) is 21.4. The van der Waals surface area contributed by atoms with E-state index in [9.17, 15) is 21.6 Å². The molecule has 6 rings (SSSR count). The number of hydrogen-bond acceptors (Lipinski definition) is 9. The maximum Gasteiger partial charge on any atom is 0.416 e. The Morgan fingerprint density at radius 1 is 1.13 bits per heavy atom. The van der Waals surface area contributed by atoms with Crippen molar-refractivity contribution < 1.29 is 26.3 Å². The van der Waals surface area contributed by atoms with Crippen molar-refractivity contribution in [2.75, 3.05) is 62.4 Å². The second-order valence-electron chi connectivity index (χ2n) is 10.6. The highest BCUT2D eigenvalue weighted by Gasteiger charge is 2.37. The van der Waals surface area contributed by atoms with E-state index in [-0.39, 0.29) is 16.9 Å². The summed E-state index contributed by atoms with van der Waals surface area (Å²) in [5.41, 5.74) is -0.114. The van der Waals surface area contributed by atoms with Gasteiger partial charge in [0.15, 0.2) is 5.65 Å². The number of aromatic nitrogens is 4. The minimum absolute atomic E-state index is 0.176. The number of morpholine rings is 1. The van der Waals surface area contributed by atoms with Gasteiger partial charge in [-0.15, -0.1) is 0 Å². The summed E-state index contributed by atoms with van der Waals surface area (Å²) in [6.45, 7) is 5.23. The van der Waals surface area contributed by atoms with Gasteiger partial charge in [0.1, 0.15) is 15.7 Å². The van der Waals surface area contributed by atoms with Crippen LogP contribution in [0.3, 0.4) is 0 Å². The van der Waals surface area contributed by atoms with Crippen LogP contribution in [0.15, 0.2) is 30.5 Å². The Morgan fingerprint density at radius 2 is 1.87 bits per heavy atom. The number of halogens is 3. The van der Waals surface area contributed by atoms with Crippen LogP contribution < -0.4 is 10.2 Å². The maximum atomic E-state index is 13.4. The molecule has 0 spiro atoms. The molecule has 4 heterocycles. The topological polar surface area (TPSA) is 105 Å². The van der Waals surface area contributed by atoms with Crippen molar-refractivity contribution in [3.63, 3.8) is 0 Å². The van der Waals surface area contributed by atoms with Gasteiger partial charge in [-0.25, -0.2) is 13.1 Å². The predicted octanol–water partition coefficient (Wildman–Crippen LogP) is 2.59. The summed E-state index contributed by atoms with van der Waals surface area (Å²) < 4.78 is 70.6. The summed E-state index contributed by atoms with van der Waals surface area (Å²) in [4.78, 5) is 13.9. The van der Waals surface area contributed by atoms with E-state index in [0.29, 0.717) is 61.4 Å². The lowest BCUT2D eigenvalue weighted by Crippen LogP contribution is -2.61. The maximum absolute atomic E-state index is 13.4. The number of nitrogens with one attached hydrogen (secondary N) is 1. The van der Waals surface area contributed by atoms with E-state index in [0.717, 1.165) is 38.3 Å². The molecule has 0 radical (unpaired) electrons. The first-order valence-corrected chi connectivity index (χ1v) is 14.9. The van der Waals surface area contributed by atoms with Gasteiger partial charge < -0.3 is 15.0 Å². The SMILES string of the molecule is CS(=O)(=O)C1CC(CNc2nc(N3CC(N4CCOCC4)C3)c3cnn(-c4cccc(C(F)(F)F)c4)c3n2)C1. The van der Waals surface area contributed by atoms with Gasteiger partial charge in [0.25, 0.3) is 0 Å². The van der Waals surface area contributed by atoms with Crippen molar-refractivity contribution in [1.29, 1.82) is 0 Å². The average molecular weight is 566 g/mol. The van der Waals surface area contributed by atoms with Crippen LogP contribution in [0.1, 0.15) is 18.4 Å². The van der Waals surface area contributed by atoms with Crippen molar-refractivity contribution in [1.82, 2.24) is 24.6 Å². The number of benzene rings is 1. The third-order valence-corrected chi connectivity index (χ3v) is 9.49. The largest absolute Gasteiger partial charge is 0.416 e. The van der Waals surface area contributed by atoms with Crippen LogP contribution in [0.25, 0.3) is 16.7 Å². The standard InChI is InChI=1S/C25H30F3N7O3S/c1-39(36,37)20-9-16(10-20)12-29-24-31-22(34-14-19(15-34)33-5-7-38-8-6-33)21-13-30-35(23(21)32-24)18-4-2-3-17(11-18)25(26,27)28/h2-4,11,13,16,19-20H,5-10,12,14-15H2,1H3,(H,29,31,32). The molecule has 14 heteroatoms. The highest BCUT2D eigenvalue weighted by Crippen LogP contribution is 2.35. The second-order valence-corrected chi connectivity index (χ2v) is 12.9. The highest BCUT2D eigenvalue weighted by molar-refractivity contribution is 7.91. The molecule has 3 aromatic rings. The molecule has 210 valence electrons. The van der Waals surface area contributed by atoms with E-state index < -0.39 is 21.6 Å². The van der Waals surface area contributed by atoms with Crippen LogP contribution in [0, 0.1) is 5.92 Å². The first kappa shape index (κ1) is 26.3. The molecule has 39 heavy (non-hydrogen) atoms. The number of fused-ring (bicyclic) bond motifs is 1.